The quantitative estimate of drug-likeness (QED) is 0.682. The first-order chi connectivity index (χ1) is 10.6. The summed E-state index contributed by atoms with van der Waals surface area (Å²) >= 11 is 0. The van der Waals surface area contributed by atoms with Gasteiger partial charge in [0.15, 0.2) is 5.78 Å². The lowest BCUT2D eigenvalue weighted by atomic mass is 9.86. The number of Topliss-reactive ketones (excluding diaryl/α,β-unsaturated/α-hetero) is 1. The summed E-state index contributed by atoms with van der Waals surface area (Å²) in [7, 11) is 0.0979. The minimum absolute atomic E-state index is 0.0378. The van der Waals surface area contributed by atoms with Crippen LogP contribution >= 0.6 is 8.58 Å². The normalized spacial score (nSPS) is 12.1. The van der Waals surface area contributed by atoms with Crippen LogP contribution in [0.4, 0.5) is 4.39 Å². The summed E-state index contributed by atoms with van der Waals surface area (Å²) in [6.45, 7) is 9.65. The zero-order chi connectivity index (χ0) is 17.4. The highest BCUT2D eigenvalue weighted by Gasteiger charge is 2.18. The Morgan fingerprint density at radius 3 is 2.35 bits per heavy atom. The van der Waals surface area contributed by atoms with Crippen molar-refractivity contribution in [2.24, 2.45) is 0 Å². The van der Waals surface area contributed by atoms with Gasteiger partial charge in [-0.15, -0.1) is 0 Å². The molecular weight excluding hydrogens is 310 g/mol. The van der Waals surface area contributed by atoms with Gasteiger partial charge < -0.3 is 5.11 Å². The lowest BCUT2D eigenvalue weighted by Gasteiger charge is -2.22. The number of phenols is 1. The van der Waals surface area contributed by atoms with Crippen LogP contribution in [0.2, 0.25) is 0 Å². The summed E-state index contributed by atoms with van der Waals surface area (Å²) in [5.41, 5.74) is 2.28. The predicted molar refractivity (Wildman–Crippen MR) is 95.5 cm³/mol. The molecule has 1 N–H and O–H groups in total. The van der Waals surface area contributed by atoms with Gasteiger partial charge >= 0.3 is 0 Å². The Kier molecular flexibility index (Phi) is 4.91. The summed E-state index contributed by atoms with van der Waals surface area (Å²) in [5, 5.41) is 11.9. The third kappa shape index (κ3) is 3.97. The van der Waals surface area contributed by atoms with Gasteiger partial charge in [0.1, 0.15) is 11.6 Å². The Hall–Kier alpha value is -1.73. The van der Waals surface area contributed by atoms with E-state index in [-0.39, 0.29) is 25.5 Å². The molecule has 0 bridgehead atoms. The van der Waals surface area contributed by atoms with Crippen LogP contribution in [0, 0.1) is 12.7 Å². The Morgan fingerprint density at radius 2 is 1.78 bits per heavy atom. The highest BCUT2D eigenvalue weighted by Crippen LogP contribution is 2.30. The van der Waals surface area contributed by atoms with Gasteiger partial charge in [0.2, 0.25) is 0 Å². The molecule has 1 unspecified atom stereocenters. The van der Waals surface area contributed by atoms with Crippen LogP contribution in [0.1, 0.15) is 49.2 Å². The third-order valence-electron chi connectivity index (χ3n) is 3.80. The molecule has 4 heteroatoms. The third-order valence-corrected chi connectivity index (χ3v) is 5.15. The van der Waals surface area contributed by atoms with E-state index in [2.05, 4.69) is 20.8 Å². The number of halogens is 1. The number of ketones is 1. The number of phenolic OH excluding ortho intramolecular Hbond substituents is 1. The number of hydrogen-bond acceptors (Lipinski definition) is 2. The fourth-order valence-electron chi connectivity index (χ4n) is 2.37. The molecular formula is C19H22FO2P. The van der Waals surface area contributed by atoms with Crippen LogP contribution in [0.25, 0.3) is 0 Å². The van der Waals surface area contributed by atoms with Crippen LogP contribution in [0.5, 0.6) is 5.75 Å². The Labute approximate surface area is 138 Å². The first-order valence-corrected chi connectivity index (χ1v) is 8.51. The molecule has 0 saturated heterocycles. The lowest BCUT2D eigenvalue weighted by Crippen LogP contribution is -2.17. The van der Waals surface area contributed by atoms with Crippen LogP contribution in [0.15, 0.2) is 30.3 Å². The Bertz CT molecular complexity index is 761. The van der Waals surface area contributed by atoms with E-state index in [0.29, 0.717) is 5.56 Å². The molecule has 0 heterocycles. The Morgan fingerprint density at radius 1 is 1.13 bits per heavy atom. The molecule has 0 amide bonds. The molecule has 1 atom stereocenters. The van der Waals surface area contributed by atoms with Gasteiger partial charge in [-0.05, 0) is 53.9 Å². The maximum Gasteiger partial charge on any atom is 0.160 e. The van der Waals surface area contributed by atoms with Crippen molar-refractivity contribution in [1.29, 1.82) is 0 Å². The van der Waals surface area contributed by atoms with E-state index in [4.69, 9.17) is 0 Å². The van der Waals surface area contributed by atoms with Gasteiger partial charge in [0.25, 0.3) is 0 Å². The van der Waals surface area contributed by atoms with Crippen LogP contribution in [0.3, 0.4) is 0 Å². The zero-order valence-electron chi connectivity index (χ0n) is 14.1. The number of aryl methyl sites for hydroxylation is 1. The van der Waals surface area contributed by atoms with Crippen molar-refractivity contribution in [3.63, 3.8) is 0 Å². The minimum Gasteiger partial charge on any atom is -0.507 e. The van der Waals surface area contributed by atoms with E-state index < -0.39 is 5.82 Å². The molecule has 2 nitrogen and oxygen atoms in total. The number of carbonyl (C=O) groups excluding carboxylic acids is 1. The number of hydrogen-bond donors (Lipinski definition) is 1. The summed E-state index contributed by atoms with van der Waals surface area (Å²) in [4.78, 5) is 11.8. The van der Waals surface area contributed by atoms with Crippen molar-refractivity contribution in [3.8, 4) is 5.75 Å². The maximum absolute atomic E-state index is 13.4. The van der Waals surface area contributed by atoms with Gasteiger partial charge in [-0.2, -0.15) is 0 Å². The van der Waals surface area contributed by atoms with Crippen molar-refractivity contribution >= 4 is 25.0 Å². The second kappa shape index (κ2) is 6.41. The topological polar surface area (TPSA) is 37.3 Å². The van der Waals surface area contributed by atoms with Crippen LogP contribution in [-0.2, 0) is 5.41 Å². The standard InChI is InChI=1S/C19H22FO2P/c1-11-8-13(19(3,4)5)9-17(18(11)22)23-16-7-6-14(20)10-15(16)12(2)21/h6-10,22-23H,1-5H3. The summed E-state index contributed by atoms with van der Waals surface area (Å²) < 4.78 is 13.4. The first-order valence-electron chi connectivity index (χ1n) is 7.51. The summed E-state index contributed by atoms with van der Waals surface area (Å²) in [5.74, 6) is -0.349. The highest BCUT2D eigenvalue weighted by atomic mass is 31.1. The molecule has 0 fully saturated rings. The molecule has 122 valence electrons. The first kappa shape index (κ1) is 17.6. The molecule has 0 aliphatic carbocycles. The van der Waals surface area contributed by atoms with Gasteiger partial charge in [-0.3, -0.25) is 4.79 Å². The van der Waals surface area contributed by atoms with Gasteiger partial charge in [0, 0.05) is 10.9 Å². The summed E-state index contributed by atoms with van der Waals surface area (Å²) in [6, 6.07) is 8.21. The van der Waals surface area contributed by atoms with Crippen LogP contribution in [-0.4, -0.2) is 10.9 Å². The van der Waals surface area contributed by atoms with Crippen molar-refractivity contribution in [2.75, 3.05) is 0 Å². The van der Waals surface area contributed by atoms with E-state index in [1.165, 1.54) is 19.1 Å². The molecule has 0 saturated carbocycles. The van der Waals surface area contributed by atoms with Crippen molar-refractivity contribution < 1.29 is 14.3 Å². The molecule has 2 aromatic carbocycles. The molecule has 0 aromatic heterocycles. The highest BCUT2D eigenvalue weighted by molar-refractivity contribution is 7.56. The summed E-state index contributed by atoms with van der Waals surface area (Å²) in [6.07, 6.45) is 0. The molecule has 0 aliphatic rings. The Balaban J connectivity index is 2.53. The zero-order valence-corrected chi connectivity index (χ0v) is 15.1. The maximum atomic E-state index is 13.4. The molecule has 0 aliphatic heterocycles. The molecule has 2 rings (SSSR count). The smallest absolute Gasteiger partial charge is 0.160 e. The van der Waals surface area contributed by atoms with Crippen molar-refractivity contribution in [2.45, 2.75) is 40.0 Å². The molecule has 0 radical (unpaired) electrons. The number of benzene rings is 2. The average Bonchev–Trinajstić information content (AvgIpc) is 2.44. The lowest BCUT2D eigenvalue weighted by molar-refractivity contribution is 0.101. The monoisotopic (exact) mass is 332 g/mol. The van der Waals surface area contributed by atoms with Gasteiger partial charge in [0.05, 0.1) is 0 Å². The molecule has 2 aromatic rings. The van der Waals surface area contributed by atoms with Crippen LogP contribution < -0.4 is 10.6 Å². The second-order valence-corrected chi connectivity index (χ2v) is 8.14. The SMILES string of the molecule is CC(=O)c1cc(F)ccc1Pc1cc(C(C)(C)C)cc(C)c1O. The predicted octanol–water partition coefficient (Wildman–Crippen LogP) is 3.97. The van der Waals surface area contributed by atoms with E-state index >= 15 is 0 Å². The largest absolute Gasteiger partial charge is 0.507 e. The number of aromatic hydroxyl groups is 1. The van der Waals surface area contributed by atoms with E-state index in [1.54, 1.807) is 6.07 Å². The molecule has 23 heavy (non-hydrogen) atoms. The fraction of sp³-hybridized carbons (Fsp3) is 0.316. The van der Waals surface area contributed by atoms with Crippen molar-refractivity contribution in [1.82, 2.24) is 0 Å². The minimum atomic E-state index is -0.424. The second-order valence-electron chi connectivity index (χ2n) is 6.81. The van der Waals surface area contributed by atoms with Gasteiger partial charge in [-0.1, -0.05) is 41.5 Å². The van der Waals surface area contributed by atoms with E-state index in [1.807, 2.05) is 19.1 Å². The fourth-order valence-corrected chi connectivity index (χ4v) is 3.75. The molecule has 0 spiro atoms. The average molecular weight is 332 g/mol. The van der Waals surface area contributed by atoms with Crippen molar-refractivity contribution in [3.05, 3.63) is 52.8 Å². The van der Waals surface area contributed by atoms with E-state index in [0.717, 1.165) is 21.7 Å². The number of carbonyl (C=O) groups is 1. The number of rotatable bonds is 3. The van der Waals surface area contributed by atoms with E-state index in [9.17, 15) is 14.3 Å². The van der Waals surface area contributed by atoms with Gasteiger partial charge in [-0.25, -0.2) is 4.39 Å².